The molecule has 0 fully saturated rings. The second-order valence-electron chi connectivity index (χ2n) is 6.70. The van der Waals surface area contributed by atoms with E-state index in [-0.39, 0.29) is 17.4 Å². The van der Waals surface area contributed by atoms with Gasteiger partial charge in [0.15, 0.2) is 0 Å². The van der Waals surface area contributed by atoms with Crippen molar-refractivity contribution < 1.29 is 4.79 Å². The van der Waals surface area contributed by atoms with Crippen LogP contribution in [0, 0.1) is 0 Å². The average Bonchev–Trinajstić information content (AvgIpc) is 2.38. The van der Waals surface area contributed by atoms with E-state index in [1.54, 1.807) is 0 Å². The Morgan fingerprint density at radius 2 is 1.75 bits per heavy atom. The molecule has 1 aromatic rings. The molecule has 1 rings (SSSR count). The van der Waals surface area contributed by atoms with Crippen molar-refractivity contribution in [2.45, 2.75) is 71.8 Å². The summed E-state index contributed by atoms with van der Waals surface area (Å²) in [6.07, 6.45) is 4.69. The van der Waals surface area contributed by atoms with E-state index < -0.39 is 0 Å². The fourth-order valence-corrected chi connectivity index (χ4v) is 2.20. The van der Waals surface area contributed by atoms with Gasteiger partial charge in [-0.2, -0.15) is 0 Å². The first-order valence-corrected chi connectivity index (χ1v) is 7.76. The minimum atomic E-state index is 0.0365. The Kier molecular flexibility index (Phi) is 6.25. The van der Waals surface area contributed by atoms with Gasteiger partial charge in [-0.1, -0.05) is 59.1 Å². The molecule has 2 heteroatoms. The first-order valence-electron chi connectivity index (χ1n) is 7.76. The van der Waals surface area contributed by atoms with Crippen molar-refractivity contribution in [3.8, 4) is 0 Å². The second-order valence-corrected chi connectivity index (χ2v) is 6.70. The minimum absolute atomic E-state index is 0.0365. The van der Waals surface area contributed by atoms with Crippen LogP contribution in [0.25, 0.3) is 0 Å². The van der Waals surface area contributed by atoms with Gasteiger partial charge in [-0.3, -0.25) is 4.79 Å². The number of benzene rings is 1. The summed E-state index contributed by atoms with van der Waals surface area (Å²) in [5.74, 6) is 0.0365. The minimum Gasteiger partial charge on any atom is -0.350 e. The number of amides is 1. The summed E-state index contributed by atoms with van der Waals surface area (Å²) in [5.41, 5.74) is 2.13. The van der Waals surface area contributed by atoms with Gasteiger partial charge in [0, 0.05) is 11.6 Å². The normalized spacial score (nSPS) is 13.1. The Bertz CT molecular complexity index is 414. The average molecular weight is 275 g/mol. The van der Waals surface area contributed by atoms with Gasteiger partial charge < -0.3 is 5.32 Å². The molecule has 0 radical (unpaired) electrons. The first kappa shape index (κ1) is 16.7. The van der Waals surface area contributed by atoms with E-state index in [2.05, 4.69) is 52.1 Å². The van der Waals surface area contributed by atoms with Crippen molar-refractivity contribution in [3.63, 3.8) is 0 Å². The molecule has 1 amide bonds. The molecule has 0 aliphatic carbocycles. The maximum atomic E-state index is 12.1. The summed E-state index contributed by atoms with van der Waals surface area (Å²) in [7, 11) is 0. The zero-order valence-corrected chi connectivity index (χ0v) is 13.6. The summed E-state index contributed by atoms with van der Waals surface area (Å²) in [6, 6.07) is 8.20. The summed E-state index contributed by atoms with van der Waals surface area (Å²) < 4.78 is 0. The summed E-state index contributed by atoms with van der Waals surface area (Å²) in [6.45, 7) is 10.8. The predicted molar refractivity (Wildman–Crippen MR) is 86.2 cm³/mol. The first-order chi connectivity index (χ1) is 9.34. The van der Waals surface area contributed by atoms with Gasteiger partial charge in [0.2, 0.25) is 0 Å². The molecule has 0 aromatic heterocycles. The van der Waals surface area contributed by atoms with Crippen LogP contribution >= 0.6 is 0 Å². The van der Waals surface area contributed by atoms with Crippen molar-refractivity contribution in [2.24, 2.45) is 0 Å². The molecule has 112 valence electrons. The lowest BCUT2D eigenvalue weighted by Crippen LogP contribution is -2.32. The maximum Gasteiger partial charge on any atom is 0.251 e. The molecule has 0 saturated carbocycles. The highest BCUT2D eigenvalue weighted by molar-refractivity contribution is 5.94. The maximum absolute atomic E-state index is 12.1. The molecule has 1 atom stereocenters. The van der Waals surface area contributed by atoms with E-state index in [1.807, 2.05) is 12.1 Å². The molecule has 1 N–H and O–H groups in total. The molecule has 0 aliphatic rings. The third-order valence-corrected chi connectivity index (χ3v) is 3.63. The molecular weight excluding hydrogens is 246 g/mol. The van der Waals surface area contributed by atoms with Crippen molar-refractivity contribution >= 4 is 5.91 Å². The Labute approximate surface area is 124 Å². The highest BCUT2D eigenvalue weighted by Crippen LogP contribution is 2.22. The number of hydrogen-bond acceptors (Lipinski definition) is 1. The Morgan fingerprint density at radius 1 is 1.15 bits per heavy atom. The molecule has 1 unspecified atom stereocenters. The van der Waals surface area contributed by atoms with Crippen LogP contribution in [0.4, 0.5) is 0 Å². The smallest absolute Gasteiger partial charge is 0.251 e. The monoisotopic (exact) mass is 275 g/mol. The zero-order valence-electron chi connectivity index (χ0n) is 13.6. The number of hydrogen-bond donors (Lipinski definition) is 1. The van der Waals surface area contributed by atoms with Crippen LogP contribution in [0.3, 0.4) is 0 Å². The lowest BCUT2D eigenvalue weighted by atomic mass is 9.86. The van der Waals surface area contributed by atoms with Gasteiger partial charge in [-0.05, 0) is 36.5 Å². The van der Waals surface area contributed by atoms with Gasteiger partial charge in [-0.15, -0.1) is 0 Å². The molecule has 0 spiro atoms. The fraction of sp³-hybridized carbons (Fsp3) is 0.611. The van der Waals surface area contributed by atoms with E-state index in [4.69, 9.17) is 0 Å². The predicted octanol–water partition coefficient (Wildman–Crippen LogP) is 4.68. The fourth-order valence-electron chi connectivity index (χ4n) is 2.20. The number of rotatable bonds is 6. The second kappa shape index (κ2) is 7.47. The standard InChI is InChI=1S/C18H29NO/c1-6-7-8-9-14(2)19-17(20)15-10-12-16(13-11-15)18(3,4)5/h10-14H,6-9H2,1-5H3,(H,19,20). The van der Waals surface area contributed by atoms with E-state index >= 15 is 0 Å². The molecule has 0 heterocycles. The van der Waals surface area contributed by atoms with Gasteiger partial charge in [0.25, 0.3) is 5.91 Å². The highest BCUT2D eigenvalue weighted by atomic mass is 16.1. The number of unbranched alkanes of at least 4 members (excludes halogenated alkanes) is 2. The topological polar surface area (TPSA) is 29.1 Å². The Balaban J connectivity index is 2.55. The van der Waals surface area contributed by atoms with Crippen LogP contribution in [-0.4, -0.2) is 11.9 Å². The van der Waals surface area contributed by atoms with Gasteiger partial charge >= 0.3 is 0 Å². The molecular formula is C18H29NO. The van der Waals surface area contributed by atoms with E-state index in [9.17, 15) is 4.79 Å². The lowest BCUT2D eigenvalue weighted by Gasteiger charge is -2.19. The van der Waals surface area contributed by atoms with Crippen molar-refractivity contribution in [2.75, 3.05) is 0 Å². The quantitative estimate of drug-likeness (QED) is 0.750. The van der Waals surface area contributed by atoms with Crippen LogP contribution in [-0.2, 0) is 5.41 Å². The highest BCUT2D eigenvalue weighted by Gasteiger charge is 2.15. The molecule has 0 saturated heterocycles. The Hall–Kier alpha value is -1.31. The van der Waals surface area contributed by atoms with E-state index in [1.165, 1.54) is 24.8 Å². The number of nitrogens with one attached hydrogen (secondary N) is 1. The van der Waals surface area contributed by atoms with Crippen LogP contribution in [0.15, 0.2) is 24.3 Å². The van der Waals surface area contributed by atoms with Crippen LogP contribution in [0.5, 0.6) is 0 Å². The molecule has 1 aromatic carbocycles. The third kappa shape index (κ3) is 5.36. The zero-order chi connectivity index (χ0) is 15.2. The number of carbonyl (C=O) groups is 1. The molecule has 20 heavy (non-hydrogen) atoms. The molecule has 0 aliphatic heterocycles. The van der Waals surface area contributed by atoms with Crippen molar-refractivity contribution in [3.05, 3.63) is 35.4 Å². The summed E-state index contributed by atoms with van der Waals surface area (Å²) in [4.78, 5) is 12.1. The van der Waals surface area contributed by atoms with Crippen molar-refractivity contribution in [1.29, 1.82) is 0 Å². The molecule has 2 nitrogen and oxygen atoms in total. The lowest BCUT2D eigenvalue weighted by molar-refractivity contribution is 0.0938. The van der Waals surface area contributed by atoms with Gasteiger partial charge in [0.05, 0.1) is 0 Å². The van der Waals surface area contributed by atoms with Crippen LogP contribution < -0.4 is 5.32 Å². The van der Waals surface area contributed by atoms with Gasteiger partial charge in [-0.25, -0.2) is 0 Å². The van der Waals surface area contributed by atoms with Crippen LogP contribution in [0.2, 0.25) is 0 Å². The SMILES string of the molecule is CCCCCC(C)NC(=O)c1ccc(C(C)(C)C)cc1. The molecule has 0 bridgehead atoms. The third-order valence-electron chi connectivity index (χ3n) is 3.63. The van der Waals surface area contributed by atoms with Crippen LogP contribution in [0.1, 0.15) is 76.2 Å². The van der Waals surface area contributed by atoms with E-state index in [0.717, 1.165) is 12.0 Å². The summed E-state index contributed by atoms with van der Waals surface area (Å²) in [5, 5.41) is 3.07. The summed E-state index contributed by atoms with van der Waals surface area (Å²) >= 11 is 0. The largest absolute Gasteiger partial charge is 0.350 e. The Morgan fingerprint density at radius 3 is 2.25 bits per heavy atom. The number of carbonyl (C=O) groups excluding carboxylic acids is 1. The van der Waals surface area contributed by atoms with E-state index in [0.29, 0.717) is 0 Å². The van der Waals surface area contributed by atoms with Crippen molar-refractivity contribution in [1.82, 2.24) is 5.32 Å². The van der Waals surface area contributed by atoms with Gasteiger partial charge in [0.1, 0.15) is 0 Å².